The highest BCUT2D eigenvalue weighted by Gasteiger charge is 2.46. The van der Waals surface area contributed by atoms with Crippen molar-refractivity contribution in [2.45, 2.75) is 77.2 Å². The minimum atomic E-state index is -1.11. The molecule has 4 rings (SSSR count). The molecule has 1 aliphatic carbocycles. The summed E-state index contributed by atoms with van der Waals surface area (Å²) < 4.78 is 11.6. The van der Waals surface area contributed by atoms with E-state index in [1.165, 1.54) is 4.90 Å². The van der Waals surface area contributed by atoms with Gasteiger partial charge in [0.25, 0.3) is 0 Å². The monoisotopic (exact) mass is 515 g/mol. The lowest BCUT2D eigenvalue weighted by Gasteiger charge is -2.34. The second-order valence-electron chi connectivity index (χ2n) is 10.4. The van der Waals surface area contributed by atoms with Crippen LogP contribution < -0.4 is 10.1 Å². The lowest BCUT2D eigenvalue weighted by Crippen LogP contribution is -2.57. The number of thiophene rings is 1. The number of nitrogens with one attached hydrogen (secondary N) is 1. The fourth-order valence-corrected chi connectivity index (χ4v) is 5.41. The van der Waals surface area contributed by atoms with Gasteiger partial charge in [0.1, 0.15) is 30.0 Å². The molecule has 10 heteroatoms. The van der Waals surface area contributed by atoms with Gasteiger partial charge in [-0.25, -0.2) is 9.59 Å². The minimum Gasteiger partial charge on any atom is -0.488 e. The number of carboxylic acid groups (broad SMARTS) is 1. The maximum atomic E-state index is 13.6. The van der Waals surface area contributed by atoms with Crippen molar-refractivity contribution in [2.75, 3.05) is 6.54 Å². The van der Waals surface area contributed by atoms with Crippen LogP contribution in [0.15, 0.2) is 35.8 Å². The molecule has 0 aromatic carbocycles. The quantitative estimate of drug-likeness (QED) is 0.564. The Labute approximate surface area is 214 Å². The predicted octanol–water partition coefficient (Wildman–Crippen LogP) is 4.33. The van der Waals surface area contributed by atoms with Gasteiger partial charge in [-0.2, -0.15) is 0 Å². The zero-order valence-electron chi connectivity index (χ0n) is 20.8. The average molecular weight is 516 g/mol. The zero-order valence-corrected chi connectivity index (χ0v) is 21.6. The summed E-state index contributed by atoms with van der Waals surface area (Å²) in [5.41, 5.74) is 0.107. The van der Waals surface area contributed by atoms with Crippen LogP contribution in [0.2, 0.25) is 0 Å². The van der Waals surface area contributed by atoms with Gasteiger partial charge in [0.2, 0.25) is 5.91 Å². The summed E-state index contributed by atoms with van der Waals surface area (Å²) in [4.78, 5) is 44.9. The largest absolute Gasteiger partial charge is 0.488 e. The number of aromatic nitrogens is 1. The van der Waals surface area contributed by atoms with E-state index in [2.05, 4.69) is 10.3 Å². The van der Waals surface area contributed by atoms with Crippen molar-refractivity contribution in [3.63, 3.8) is 0 Å². The molecule has 0 spiro atoms. The Morgan fingerprint density at radius 3 is 2.58 bits per heavy atom. The third-order valence-corrected chi connectivity index (χ3v) is 7.48. The molecule has 1 aliphatic heterocycles. The first kappa shape index (κ1) is 25.9. The molecule has 0 unspecified atom stereocenters. The second kappa shape index (κ2) is 10.9. The van der Waals surface area contributed by atoms with Gasteiger partial charge in [0.15, 0.2) is 0 Å². The van der Waals surface area contributed by atoms with Crippen molar-refractivity contribution >= 4 is 29.3 Å². The van der Waals surface area contributed by atoms with Gasteiger partial charge in [0.05, 0.1) is 17.1 Å². The van der Waals surface area contributed by atoms with Crippen LogP contribution >= 0.6 is 11.3 Å². The topological polar surface area (TPSA) is 118 Å². The van der Waals surface area contributed by atoms with Gasteiger partial charge in [-0.1, -0.05) is 26.8 Å². The maximum absolute atomic E-state index is 13.6. The van der Waals surface area contributed by atoms with Gasteiger partial charge >= 0.3 is 12.1 Å². The Kier molecular flexibility index (Phi) is 7.82. The van der Waals surface area contributed by atoms with Gasteiger partial charge in [-0.15, -0.1) is 11.3 Å². The number of amides is 2. The Hall–Kier alpha value is -3.14. The summed E-state index contributed by atoms with van der Waals surface area (Å²) in [5.74, 6) is -1.01. The molecular formula is C26H33N3O6S. The summed E-state index contributed by atoms with van der Waals surface area (Å²) in [6.07, 6.45) is 4.15. The third-order valence-electron chi connectivity index (χ3n) is 6.59. The van der Waals surface area contributed by atoms with Crippen molar-refractivity contribution < 1.29 is 29.0 Å². The van der Waals surface area contributed by atoms with Crippen LogP contribution in [-0.2, 0) is 14.3 Å². The first-order valence-corrected chi connectivity index (χ1v) is 13.2. The molecular weight excluding hydrogens is 482 g/mol. The number of carboxylic acids is 1. The SMILES string of the molecule is CC(C)(C)[C@H](NC(=O)OC1CCCC1)C(=O)N1C[C@H](Oc2ccnc(-c3cccs3)c2)C[C@H]1C(=O)O. The van der Waals surface area contributed by atoms with E-state index in [9.17, 15) is 19.5 Å². The van der Waals surface area contributed by atoms with Crippen LogP contribution in [0.3, 0.4) is 0 Å². The van der Waals surface area contributed by atoms with Crippen molar-refractivity contribution in [3.05, 3.63) is 35.8 Å². The summed E-state index contributed by atoms with van der Waals surface area (Å²) in [7, 11) is 0. The molecule has 2 aromatic rings. The van der Waals surface area contributed by atoms with Crippen LogP contribution in [0, 0.1) is 5.41 Å². The first-order chi connectivity index (χ1) is 17.1. The Morgan fingerprint density at radius 2 is 1.94 bits per heavy atom. The Bertz CT molecular complexity index is 1080. The van der Waals surface area contributed by atoms with E-state index in [-0.39, 0.29) is 19.1 Å². The van der Waals surface area contributed by atoms with E-state index in [1.54, 1.807) is 23.6 Å². The number of rotatable bonds is 7. The van der Waals surface area contributed by atoms with E-state index < -0.39 is 41.6 Å². The van der Waals surface area contributed by atoms with E-state index in [1.807, 2.05) is 44.4 Å². The van der Waals surface area contributed by atoms with Crippen molar-refractivity contribution in [2.24, 2.45) is 5.41 Å². The van der Waals surface area contributed by atoms with E-state index in [0.29, 0.717) is 5.75 Å². The van der Waals surface area contributed by atoms with Crippen LogP contribution in [0.1, 0.15) is 52.9 Å². The fourth-order valence-electron chi connectivity index (χ4n) is 4.72. The maximum Gasteiger partial charge on any atom is 0.408 e. The van der Waals surface area contributed by atoms with Gasteiger partial charge < -0.3 is 24.8 Å². The van der Waals surface area contributed by atoms with Crippen molar-refractivity contribution in [3.8, 4) is 16.3 Å². The summed E-state index contributed by atoms with van der Waals surface area (Å²) in [5, 5.41) is 14.5. The molecule has 2 aromatic heterocycles. The Balaban J connectivity index is 1.47. The number of carbonyl (C=O) groups is 3. The van der Waals surface area contributed by atoms with Crippen LogP contribution in [0.25, 0.3) is 10.6 Å². The highest BCUT2D eigenvalue weighted by molar-refractivity contribution is 7.13. The smallest absolute Gasteiger partial charge is 0.408 e. The molecule has 2 N–H and O–H groups in total. The molecule has 0 radical (unpaired) electrons. The molecule has 36 heavy (non-hydrogen) atoms. The number of pyridine rings is 1. The molecule has 1 saturated heterocycles. The lowest BCUT2D eigenvalue weighted by atomic mass is 9.85. The normalized spacial score (nSPS) is 21.2. The minimum absolute atomic E-state index is 0.0956. The van der Waals surface area contributed by atoms with Crippen LogP contribution in [-0.4, -0.2) is 63.8 Å². The third kappa shape index (κ3) is 6.16. The Morgan fingerprint density at radius 1 is 1.19 bits per heavy atom. The molecule has 2 aliphatic rings. The lowest BCUT2D eigenvalue weighted by molar-refractivity contribution is -0.150. The molecule has 0 bridgehead atoms. The summed E-state index contributed by atoms with van der Waals surface area (Å²) >= 11 is 1.56. The fraction of sp³-hybridized carbons (Fsp3) is 0.538. The number of ether oxygens (including phenoxy) is 2. The summed E-state index contributed by atoms with van der Waals surface area (Å²) in [6, 6.07) is 5.43. The molecule has 194 valence electrons. The molecule has 9 nitrogen and oxygen atoms in total. The highest BCUT2D eigenvalue weighted by atomic mass is 32.1. The van der Waals surface area contributed by atoms with Gasteiger partial charge in [0, 0.05) is 18.7 Å². The number of nitrogens with zero attached hydrogens (tertiary/aromatic N) is 2. The number of hydrogen-bond donors (Lipinski definition) is 2. The average Bonchev–Trinajstić information content (AvgIpc) is 3.58. The van der Waals surface area contributed by atoms with Gasteiger partial charge in [-0.3, -0.25) is 9.78 Å². The molecule has 2 fully saturated rings. The van der Waals surface area contributed by atoms with Crippen LogP contribution in [0.4, 0.5) is 4.79 Å². The predicted molar refractivity (Wildman–Crippen MR) is 135 cm³/mol. The molecule has 3 heterocycles. The zero-order chi connectivity index (χ0) is 25.9. The number of alkyl carbamates (subject to hydrolysis) is 1. The number of likely N-dealkylation sites (tertiary alicyclic amines) is 1. The first-order valence-electron chi connectivity index (χ1n) is 12.3. The number of hydrogen-bond acceptors (Lipinski definition) is 7. The standard InChI is InChI=1S/C26H33N3O6S/c1-26(2,3)22(28-25(33)35-16-7-4-5-8-16)23(30)29-15-18(14-20(29)24(31)32)34-17-10-11-27-19(13-17)21-9-6-12-36-21/h6,9-13,16,18,20,22H,4-5,7-8,14-15H2,1-3H3,(H,28,33)(H,31,32)/t18-,20+,22-/m1/s1. The second-order valence-corrected chi connectivity index (χ2v) is 11.4. The molecule has 3 atom stereocenters. The number of aliphatic carboxylic acids is 1. The van der Waals surface area contributed by atoms with Crippen LogP contribution in [0.5, 0.6) is 5.75 Å². The summed E-state index contributed by atoms with van der Waals surface area (Å²) in [6.45, 7) is 5.58. The van der Waals surface area contributed by atoms with E-state index in [0.717, 1.165) is 36.3 Å². The molecule has 2 amide bonds. The van der Waals surface area contributed by atoms with Gasteiger partial charge in [-0.05, 0) is 48.6 Å². The van der Waals surface area contributed by atoms with E-state index >= 15 is 0 Å². The van der Waals surface area contributed by atoms with Crippen molar-refractivity contribution in [1.82, 2.24) is 15.2 Å². The van der Waals surface area contributed by atoms with E-state index in [4.69, 9.17) is 9.47 Å². The highest BCUT2D eigenvalue weighted by Crippen LogP contribution is 2.30. The molecule has 1 saturated carbocycles. The number of carbonyl (C=O) groups excluding carboxylic acids is 2. The van der Waals surface area contributed by atoms with Crippen molar-refractivity contribution in [1.29, 1.82) is 0 Å².